The average molecular weight is 324 g/mol. The molecule has 1 atom stereocenters. The van der Waals surface area contributed by atoms with Gasteiger partial charge in [0.05, 0.1) is 14.6 Å². The van der Waals surface area contributed by atoms with E-state index in [0.29, 0.717) is 11.3 Å². The van der Waals surface area contributed by atoms with Crippen LogP contribution in [-0.4, -0.2) is 14.2 Å². The van der Waals surface area contributed by atoms with E-state index in [1.165, 1.54) is 23.5 Å². The maximum Gasteiger partial charge on any atom is 0.151 e. The normalized spacial score (nSPS) is 14.3. The minimum Gasteiger partial charge on any atom is -0.343 e. The summed E-state index contributed by atoms with van der Waals surface area (Å²) in [7, 11) is -3.35. The first-order valence-corrected chi connectivity index (χ1v) is 8.52. The number of fused-ring (bicyclic) bond motifs is 1. The fourth-order valence-electron chi connectivity index (χ4n) is 2.01. The molecule has 1 aromatic carbocycles. The van der Waals surface area contributed by atoms with Crippen LogP contribution in [0.1, 0.15) is 10.6 Å². The van der Waals surface area contributed by atoms with Crippen LogP contribution in [0.4, 0.5) is 10.1 Å². The van der Waals surface area contributed by atoms with Crippen molar-refractivity contribution in [2.75, 3.05) is 0 Å². The van der Waals surface area contributed by atoms with Crippen molar-refractivity contribution >= 4 is 37.3 Å². The molecule has 0 bridgehead atoms. The SMILES string of the molecule is Cc1ccc(S(N)(=O)=Nc2c[nH]c3nc(C)sc23)c(F)c1. The maximum atomic E-state index is 14.0. The minimum atomic E-state index is -3.35. The Hall–Kier alpha value is -1.77. The number of H-pyrrole nitrogens is 1. The summed E-state index contributed by atoms with van der Waals surface area (Å²) < 4.78 is 31.4. The van der Waals surface area contributed by atoms with Crippen molar-refractivity contribution in [3.8, 4) is 0 Å². The standard InChI is InChI=1S/C13H13FN4OS2/c1-7-3-4-11(9(14)5-7)21(15,19)18-10-6-16-13-12(10)20-8(2)17-13/h3-6,16H,1-2H3,(H2,15,18,19). The summed E-state index contributed by atoms with van der Waals surface area (Å²) in [6.07, 6.45) is 1.58. The van der Waals surface area contributed by atoms with Crippen LogP contribution in [0, 0.1) is 19.7 Å². The molecule has 8 heteroatoms. The number of aromatic amines is 1. The van der Waals surface area contributed by atoms with Gasteiger partial charge in [0.15, 0.2) is 5.65 Å². The predicted octanol–water partition coefficient (Wildman–Crippen LogP) is 3.41. The molecule has 0 aliphatic heterocycles. The van der Waals surface area contributed by atoms with Gasteiger partial charge in [-0.15, -0.1) is 11.3 Å². The number of hydrogen-bond donors (Lipinski definition) is 2. The second kappa shape index (κ2) is 4.90. The zero-order valence-electron chi connectivity index (χ0n) is 11.4. The van der Waals surface area contributed by atoms with Crippen molar-refractivity contribution < 1.29 is 8.60 Å². The predicted molar refractivity (Wildman–Crippen MR) is 82.5 cm³/mol. The summed E-state index contributed by atoms with van der Waals surface area (Å²) in [4.78, 5) is 7.10. The van der Waals surface area contributed by atoms with Crippen molar-refractivity contribution in [3.05, 3.63) is 40.8 Å². The second-order valence-corrected chi connectivity index (χ2v) is 7.64. The van der Waals surface area contributed by atoms with Crippen LogP contribution in [0.2, 0.25) is 0 Å². The molecule has 110 valence electrons. The Morgan fingerprint density at radius 3 is 2.90 bits per heavy atom. The summed E-state index contributed by atoms with van der Waals surface area (Å²) in [5.74, 6) is -0.612. The van der Waals surface area contributed by atoms with Gasteiger partial charge in [-0.25, -0.2) is 18.7 Å². The van der Waals surface area contributed by atoms with Crippen LogP contribution in [0.5, 0.6) is 0 Å². The molecular formula is C13H13FN4OS2. The Bertz CT molecular complexity index is 950. The Labute approximate surface area is 125 Å². The first kappa shape index (κ1) is 14.2. The van der Waals surface area contributed by atoms with Gasteiger partial charge < -0.3 is 4.98 Å². The van der Waals surface area contributed by atoms with E-state index in [2.05, 4.69) is 14.3 Å². The molecule has 0 fully saturated rings. The first-order chi connectivity index (χ1) is 9.87. The molecule has 3 N–H and O–H groups in total. The van der Waals surface area contributed by atoms with Crippen molar-refractivity contribution in [2.45, 2.75) is 18.7 Å². The van der Waals surface area contributed by atoms with Crippen LogP contribution < -0.4 is 5.14 Å². The number of thiazole rings is 1. The number of rotatable bonds is 2. The Kier molecular flexibility index (Phi) is 3.31. The molecule has 0 aliphatic rings. The van der Waals surface area contributed by atoms with Crippen LogP contribution >= 0.6 is 11.3 Å². The van der Waals surface area contributed by atoms with Gasteiger partial charge in [-0.1, -0.05) is 6.07 Å². The number of benzene rings is 1. The molecule has 21 heavy (non-hydrogen) atoms. The lowest BCUT2D eigenvalue weighted by Gasteiger charge is -2.05. The fraction of sp³-hybridized carbons (Fsp3) is 0.154. The van der Waals surface area contributed by atoms with Crippen molar-refractivity contribution in [3.63, 3.8) is 0 Å². The molecule has 1 unspecified atom stereocenters. The van der Waals surface area contributed by atoms with Gasteiger partial charge in [-0.3, -0.25) is 0 Å². The van der Waals surface area contributed by atoms with E-state index in [0.717, 1.165) is 15.3 Å². The van der Waals surface area contributed by atoms with Gasteiger partial charge in [0.1, 0.15) is 21.4 Å². The van der Waals surface area contributed by atoms with Crippen molar-refractivity contribution in [1.29, 1.82) is 0 Å². The Morgan fingerprint density at radius 2 is 2.19 bits per heavy atom. The topological polar surface area (TPSA) is 84.1 Å². The highest BCUT2D eigenvalue weighted by molar-refractivity contribution is 7.91. The molecule has 2 aromatic heterocycles. The number of hydrogen-bond acceptors (Lipinski definition) is 4. The quantitative estimate of drug-likeness (QED) is 0.757. The number of halogens is 1. The van der Waals surface area contributed by atoms with Crippen LogP contribution in [-0.2, 0) is 9.92 Å². The molecule has 5 nitrogen and oxygen atoms in total. The summed E-state index contributed by atoms with van der Waals surface area (Å²) in [5, 5.41) is 6.63. The highest BCUT2D eigenvalue weighted by atomic mass is 32.2. The van der Waals surface area contributed by atoms with E-state index in [1.54, 1.807) is 19.2 Å². The number of nitrogens with two attached hydrogens (primary N) is 1. The van der Waals surface area contributed by atoms with Gasteiger partial charge in [0.2, 0.25) is 0 Å². The lowest BCUT2D eigenvalue weighted by Crippen LogP contribution is -2.13. The summed E-state index contributed by atoms with van der Waals surface area (Å²) >= 11 is 1.42. The van der Waals surface area contributed by atoms with Crippen molar-refractivity contribution in [2.24, 2.45) is 9.50 Å². The van der Waals surface area contributed by atoms with Gasteiger partial charge in [-0.05, 0) is 31.5 Å². The largest absolute Gasteiger partial charge is 0.343 e. The lowest BCUT2D eigenvalue weighted by molar-refractivity contribution is 0.593. The smallest absolute Gasteiger partial charge is 0.151 e. The Morgan fingerprint density at radius 1 is 1.43 bits per heavy atom. The third-order valence-corrected chi connectivity index (χ3v) is 5.37. The third-order valence-electron chi connectivity index (χ3n) is 2.95. The van der Waals surface area contributed by atoms with E-state index < -0.39 is 15.7 Å². The van der Waals surface area contributed by atoms with Gasteiger partial charge in [-0.2, -0.15) is 4.36 Å². The summed E-state index contributed by atoms with van der Waals surface area (Å²) in [6.45, 7) is 3.61. The van der Waals surface area contributed by atoms with Crippen molar-refractivity contribution in [1.82, 2.24) is 9.97 Å². The number of aryl methyl sites for hydroxylation is 2. The monoisotopic (exact) mass is 324 g/mol. The zero-order chi connectivity index (χ0) is 15.2. The number of aromatic nitrogens is 2. The third kappa shape index (κ3) is 2.57. The molecule has 0 saturated heterocycles. The molecular weight excluding hydrogens is 311 g/mol. The molecule has 0 saturated carbocycles. The van der Waals surface area contributed by atoms with E-state index in [-0.39, 0.29) is 4.90 Å². The van der Waals surface area contributed by atoms with E-state index in [1.807, 2.05) is 6.92 Å². The molecule has 0 amide bonds. The lowest BCUT2D eigenvalue weighted by atomic mass is 10.2. The zero-order valence-corrected chi connectivity index (χ0v) is 13.0. The molecule has 3 aromatic rings. The van der Waals surface area contributed by atoms with Crippen LogP contribution in [0.25, 0.3) is 10.3 Å². The minimum absolute atomic E-state index is 0.0938. The summed E-state index contributed by atoms with van der Waals surface area (Å²) in [6, 6.07) is 4.36. The van der Waals surface area contributed by atoms with Crippen LogP contribution in [0.3, 0.4) is 0 Å². The molecule has 0 radical (unpaired) electrons. The molecule has 0 spiro atoms. The summed E-state index contributed by atoms with van der Waals surface area (Å²) in [5.41, 5.74) is 1.83. The van der Waals surface area contributed by atoms with Gasteiger partial charge in [0, 0.05) is 6.20 Å². The van der Waals surface area contributed by atoms with E-state index >= 15 is 0 Å². The van der Waals surface area contributed by atoms with E-state index in [4.69, 9.17) is 5.14 Å². The second-order valence-electron chi connectivity index (χ2n) is 4.68. The fourth-order valence-corrected chi connectivity index (χ4v) is 4.04. The highest BCUT2D eigenvalue weighted by Crippen LogP contribution is 2.32. The first-order valence-electron chi connectivity index (χ1n) is 6.12. The average Bonchev–Trinajstić information content (AvgIpc) is 2.89. The van der Waals surface area contributed by atoms with Gasteiger partial charge >= 0.3 is 0 Å². The molecule has 3 rings (SSSR count). The van der Waals surface area contributed by atoms with E-state index in [9.17, 15) is 8.60 Å². The maximum absolute atomic E-state index is 14.0. The highest BCUT2D eigenvalue weighted by Gasteiger charge is 2.15. The number of nitrogens with zero attached hydrogens (tertiary/aromatic N) is 2. The van der Waals surface area contributed by atoms with Crippen LogP contribution in [0.15, 0.2) is 33.7 Å². The van der Waals surface area contributed by atoms with Gasteiger partial charge in [0.25, 0.3) is 0 Å². The molecule has 0 aliphatic carbocycles. The number of nitrogens with one attached hydrogen (secondary N) is 1. The Balaban J connectivity index is 2.18. The molecule has 2 heterocycles.